The van der Waals surface area contributed by atoms with Gasteiger partial charge in [0, 0.05) is 11.6 Å². The van der Waals surface area contributed by atoms with Crippen molar-refractivity contribution in [2.24, 2.45) is 0 Å². The third-order valence-corrected chi connectivity index (χ3v) is 2.98. The minimum absolute atomic E-state index is 0. The third kappa shape index (κ3) is 5.13. The summed E-state index contributed by atoms with van der Waals surface area (Å²) in [6.45, 7) is 2.99. The molecule has 0 fully saturated rings. The van der Waals surface area contributed by atoms with Crippen molar-refractivity contribution in [3.05, 3.63) is 41.9 Å². The smallest absolute Gasteiger partial charge is 0.317 e. The second-order valence-corrected chi connectivity index (χ2v) is 4.79. The highest BCUT2D eigenvalue weighted by Crippen LogP contribution is 2.20. The monoisotopic (exact) mass is 328 g/mol. The summed E-state index contributed by atoms with van der Waals surface area (Å²) < 4.78 is 18.1. The van der Waals surface area contributed by atoms with E-state index in [1.165, 1.54) is 12.1 Å². The fourth-order valence-electron chi connectivity index (χ4n) is 2.09. The molecule has 0 aliphatic carbocycles. The molecular formula is C15H18ClFN2O3. The van der Waals surface area contributed by atoms with Gasteiger partial charge in [0.2, 0.25) is 0 Å². The zero-order chi connectivity index (χ0) is 15.2. The Labute approximate surface area is 134 Å². The molecule has 0 amide bonds. The van der Waals surface area contributed by atoms with E-state index >= 15 is 0 Å². The topological polar surface area (TPSA) is 66.6 Å². The maximum Gasteiger partial charge on any atom is 0.317 e. The summed E-state index contributed by atoms with van der Waals surface area (Å²) in [6.07, 6.45) is 0.853. The average Bonchev–Trinajstić information content (AvgIpc) is 2.87. The van der Waals surface area contributed by atoms with E-state index in [9.17, 15) is 9.18 Å². The molecule has 0 unspecified atom stereocenters. The third-order valence-electron chi connectivity index (χ3n) is 2.98. The molecule has 7 heteroatoms. The first kappa shape index (κ1) is 18.1. The first-order chi connectivity index (χ1) is 10.1. The largest absolute Gasteiger partial charge is 0.480 e. The van der Waals surface area contributed by atoms with E-state index in [4.69, 9.17) is 9.63 Å². The minimum Gasteiger partial charge on any atom is -0.480 e. The minimum atomic E-state index is -0.873. The van der Waals surface area contributed by atoms with Crippen molar-refractivity contribution < 1.29 is 18.8 Å². The summed E-state index contributed by atoms with van der Waals surface area (Å²) in [5.74, 6) is -0.594. The van der Waals surface area contributed by atoms with Crippen LogP contribution in [0.2, 0.25) is 0 Å². The molecule has 1 aromatic heterocycles. The van der Waals surface area contributed by atoms with Gasteiger partial charge in [0.05, 0.1) is 13.1 Å². The second-order valence-electron chi connectivity index (χ2n) is 4.79. The van der Waals surface area contributed by atoms with E-state index in [0.29, 0.717) is 24.5 Å². The van der Waals surface area contributed by atoms with Crippen LogP contribution in [0.5, 0.6) is 0 Å². The highest BCUT2D eigenvalue weighted by Gasteiger charge is 2.13. The van der Waals surface area contributed by atoms with E-state index in [1.54, 1.807) is 23.1 Å². The van der Waals surface area contributed by atoms with Gasteiger partial charge in [-0.25, -0.2) is 4.39 Å². The number of carbonyl (C=O) groups is 1. The molecule has 0 spiro atoms. The van der Waals surface area contributed by atoms with Crippen LogP contribution in [0.3, 0.4) is 0 Å². The van der Waals surface area contributed by atoms with Gasteiger partial charge in [-0.2, -0.15) is 0 Å². The van der Waals surface area contributed by atoms with Crippen LogP contribution >= 0.6 is 12.4 Å². The van der Waals surface area contributed by atoms with Crippen molar-refractivity contribution in [3.63, 3.8) is 0 Å². The van der Waals surface area contributed by atoms with E-state index < -0.39 is 5.97 Å². The number of carboxylic acid groups (broad SMARTS) is 1. The lowest BCUT2D eigenvalue weighted by Gasteiger charge is -2.17. The van der Waals surface area contributed by atoms with Gasteiger partial charge >= 0.3 is 5.97 Å². The van der Waals surface area contributed by atoms with Gasteiger partial charge in [0.25, 0.3) is 0 Å². The molecule has 1 aromatic carbocycles. The molecule has 2 aromatic rings. The van der Waals surface area contributed by atoms with E-state index in [1.807, 2.05) is 6.92 Å². The van der Waals surface area contributed by atoms with Gasteiger partial charge in [0.1, 0.15) is 11.5 Å². The summed E-state index contributed by atoms with van der Waals surface area (Å²) in [5, 5.41) is 12.8. The van der Waals surface area contributed by atoms with Crippen LogP contribution in [0.25, 0.3) is 11.3 Å². The van der Waals surface area contributed by atoms with Gasteiger partial charge in [-0.1, -0.05) is 12.1 Å². The summed E-state index contributed by atoms with van der Waals surface area (Å²) in [4.78, 5) is 12.6. The molecule has 0 bridgehead atoms. The van der Waals surface area contributed by atoms with Crippen LogP contribution in [0.15, 0.2) is 34.9 Å². The summed E-state index contributed by atoms with van der Waals surface area (Å²) in [5.41, 5.74) is 1.36. The van der Waals surface area contributed by atoms with Gasteiger partial charge in [-0.3, -0.25) is 9.69 Å². The zero-order valence-corrected chi connectivity index (χ0v) is 13.0. The van der Waals surface area contributed by atoms with Crippen molar-refractivity contribution in [1.82, 2.24) is 10.1 Å². The molecule has 0 atom stereocenters. The summed E-state index contributed by atoms with van der Waals surface area (Å²) >= 11 is 0. The lowest BCUT2D eigenvalue weighted by molar-refractivity contribution is -0.138. The maximum atomic E-state index is 12.9. The van der Waals surface area contributed by atoms with Crippen LogP contribution in [0.4, 0.5) is 4.39 Å². The Bertz CT molecular complexity index is 601. The molecule has 0 radical (unpaired) electrons. The first-order valence-corrected chi connectivity index (χ1v) is 6.74. The number of hydrogen-bond donors (Lipinski definition) is 1. The van der Waals surface area contributed by atoms with Crippen LogP contribution < -0.4 is 0 Å². The number of aliphatic carboxylic acids is 1. The van der Waals surface area contributed by atoms with Gasteiger partial charge < -0.3 is 9.63 Å². The van der Waals surface area contributed by atoms with Crippen molar-refractivity contribution in [3.8, 4) is 11.3 Å². The maximum absolute atomic E-state index is 12.9. The molecule has 5 nitrogen and oxygen atoms in total. The first-order valence-electron chi connectivity index (χ1n) is 6.74. The fourth-order valence-corrected chi connectivity index (χ4v) is 2.09. The standard InChI is InChI=1S/C15H17FN2O3.ClH/c1-2-7-18(10-15(19)20)9-13-8-14(17-21-13)11-3-5-12(16)6-4-11;/h3-6,8H,2,7,9-10H2,1H3,(H,19,20);1H. The normalized spacial score (nSPS) is 10.5. The van der Waals surface area contributed by atoms with Crippen LogP contribution in [0.1, 0.15) is 19.1 Å². The Kier molecular flexibility index (Phi) is 7.01. The van der Waals surface area contributed by atoms with Crippen LogP contribution in [0, 0.1) is 5.82 Å². The average molecular weight is 329 g/mol. The molecule has 0 aliphatic heterocycles. The summed E-state index contributed by atoms with van der Waals surface area (Å²) in [6, 6.07) is 7.71. The number of benzene rings is 1. The van der Waals surface area contributed by atoms with Crippen LogP contribution in [-0.2, 0) is 11.3 Å². The Morgan fingerprint density at radius 3 is 2.64 bits per heavy atom. The Hall–Kier alpha value is -1.92. The second kappa shape index (κ2) is 8.51. The number of carboxylic acids is 1. The van der Waals surface area contributed by atoms with Crippen molar-refractivity contribution in [2.45, 2.75) is 19.9 Å². The highest BCUT2D eigenvalue weighted by atomic mass is 35.5. The lowest BCUT2D eigenvalue weighted by Crippen LogP contribution is -2.29. The Morgan fingerprint density at radius 2 is 2.05 bits per heavy atom. The number of nitrogens with zero attached hydrogens (tertiary/aromatic N) is 2. The molecule has 120 valence electrons. The molecule has 22 heavy (non-hydrogen) atoms. The highest BCUT2D eigenvalue weighted by molar-refractivity contribution is 5.85. The Balaban J connectivity index is 0.00000242. The molecule has 0 saturated carbocycles. The van der Waals surface area contributed by atoms with Crippen LogP contribution in [-0.4, -0.2) is 34.2 Å². The zero-order valence-electron chi connectivity index (χ0n) is 12.2. The molecule has 0 saturated heterocycles. The molecule has 1 heterocycles. The SMILES string of the molecule is CCCN(CC(=O)O)Cc1cc(-c2ccc(F)cc2)no1.Cl. The fraction of sp³-hybridized carbons (Fsp3) is 0.333. The Morgan fingerprint density at radius 1 is 1.36 bits per heavy atom. The van der Waals surface area contributed by atoms with Crippen molar-refractivity contribution in [1.29, 1.82) is 0 Å². The summed E-state index contributed by atoms with van der Waals surface area (Å²) in [7, 11) is 0. The quantitative estimate of drug-likeness (QED) is 0.845. The number of halogens is 2. The molecule has 1 N–H and O–H groups in total. The van der Waals surface area contributed by atoms with E-state index in [-0.39, 0.29) is 24.8 Å². The van der Waals surface area contributed by atoms with Gasteiger partial charge in [-0.15, -0.1) is 12.4 Å². The number of aromatic nitrogens is 1. The predicted molar refractivity (Wildman–Crippen MR) is 82.3 cm³/mol. The lowest BCUT2D eigenvalue weighted by atomic mass is 10.1. The molecular weight excluding hydrogens is 311 g/mol. The predicted octanol–water partition coefficient (Wildman–Crippen LogP) is 3.20. The molecule has 0 aliphatic rings. The number of hydrogen-bond acceptors (Lipinski definition) is 4. The van der Waals surface area contributed by atoms with Gasteiger partial charge in [-0.05, 0) is 37.2 Å². The van der Waals surface area contributed by atoms with E-state index in [2.05, 4.69) is 5.16 Å². The number of rotatable bonds is 7. The van der Waals surface area contributed by atoms with Crippen molar-refractivity contribution >= 4 is 18.4 Å². The molecule has 2 rings (SSSR count). The van der Waals surface area contributed by atoms with Gasteiger partial charge in [0.15, 0.2) is 5.76 Å². The van der Waals surface area contributed by atoms with Crippen molar-refractivity contribution in [2.75, 3.05) is 13.1 Å². The van der Waals surface area contributed by atoms with E-state index in [0.717, 1.165) is 12.0 Å².